The van der Waals surface area contributed by atoms with Crippen LogP contribution >= 0.6 is 0 Å². The second-order valence-corrected chi connectivity index (χ2v) is 8.19. The number of hydrogen-bond acceptors (Lipinski definition) is 7. The monoisotopic (exact) mass is 498 g/mol. The van der Waals surface area contributed by atoms with E-state index in [4.69, 9.17) is 19.7 Å². The van der Waals surface area contributed by atoms with Crippen molar-refractivity contribution in [2.45, 2.75) is 37.6 Å². The number of benzene rings is 1. The Morgan fingerprint density at radius 1 is 1.23 bits per heavy atom. The van der Waals surface area contributed by atoms with Crippen LogP contribution in [0.2, 0.25) is 0 Å². The molecule has 1 fully saturated rings. The number of ether oxygens (including phenoxy) is 2. The number of nitrogens with two attached hydrogens (primary N) is 1. The molecule has 4 atom stereocenters. The maximum Gasteiger partial charge on any atom is 0.417 e. The summed E-state index contributed by atoms with van der Waals surface area (Å²) in [6, 6.07) is 4.63. The van der Waals surface area contributed by atoms with Crippen LogP contribution in [0.5, 0.6) is 5.75 Å². The molecular weight excluding hydrogens is 479 g/mol. The second kappa shape index (κ2) is 8.56. The lowest BCUT2D eigenvalue weighted by Crippen LogP contribution is -2.46. The molecule has 8 nitrogen and oxygen atoms in total. The zero-order valence-electron chi connectivity index (χ0n) is 18.6. The second-order valence-electron chi connectivity index (χ2n) is 8.19. The molecule has 0 radical (unpaired) electrons. The Labute approximate surface area is 195 Å². The Balaban J connectivity index is 1.83. The number of rotatable bonds is 5. The molecule has 35 heavy (non-hydrogen) atoms. The summed E-state index contributed by atoms with van der Waals surface area (Å²) < 4.78 is 86.2. The molecule has 1 aromatic carbocycles. The molecular formula is C22H19F5N4O4. The summed E-state index contributed by atoms with van der Waals surface area (Å²) in [5, 5.41) is 3.78. The van der Waals surface area contributed by atoms with E-state index in [1.54, 1.807) is 0 Å². The van der Waals surface area contributed by atoms with Crippen LogP contribution in [-0.4, -0.2) is 39.9 Å². The van der Waals surface area contributed by atoms with Crippen LogP contribution in [0.3, 0.4) is 0 Å². The van der Waals surface area contributed by atoms with Crippen LogP contribution in [0.15, 0.2) is 35.0 Å². The van der Waals surface area contributed by atoms with Gasteiger partial charge in [0.25, 0.3) is 11.8 Å². The van der Waals surface area contributed by atoms with Crippen molar-refractivity contribution >= 4 is 5.91 Å². The molecule has 3 heterocycles. The van der Waals surface area contributed by atoms with Crippen LogP contribution in [-0.2, 0) is 4.74 Å². The lowest BCUT2D eigenvalue weighted by atomic mass is 9.77. The van der Waals surface area contributed by atoms with E-state index >= 15 is 0 Å². The molecule has 1 unspecified atom stereocenters. The molecule has 13 heteroatoms. The highest BCUT2D eigenvalue weighted by Crippen LogP contribution is 2.59. The van der Waals surface area contributed by atoms with Crippen LogP contribution in [0.1, 0.15) is 47.7 Å². The molecule has 4 rings (SSSR count). The lowest BCUT2D eigenvalue weighted by molar-refractivity contribution is -0.275. The minimum atomic E-state index is -4.82. The smallest absolute Gasteiger partial charge is 0.417 e. The SMILES string of the molecule is COc1c(C2[C@@H](c3noc(-c4ccnc(C(N)=O)c4)n3)O[C@](C)(C(F)(F)F)[C@@H]2C)ccc(F)c1F. The molecule has 0 spiro atoms. The first-order valence-corrected chi connectivity index (χ1v) is 10.2. The third-order valence-electron chi connectivity index (χ3n) is 6.27. The molecule has 186 valence electrons. The van der Waals surface area contributed by atoms with Gasteiger partial charge in [-0.2, -0.15) is 22.5 Å². The van der Waals surface area contributed by atoms with Gasteiger partial charge in [0, 0.05) is 29.2 Å². The largest absolute Gasteiger partial charge is 0.493 e. The van der Waals surface area contributed by atoms with Crippen molar-refractivity contribution < 1.29 is 40.7 Å². The number of amides is 1. The Hall–Kier alpha value is -3.61. The standard InChI is InChI=1S/C22H19F5N4O4/c1-9-14(11-4-5-12(23)15(24)16(11)33-3)17(34-21(9,2)22(25,26)27)19-30-20(35-31-19)10-6-7-29-13(8-10)18(28)32/h4-9,14,17H,1-3H3,(H2,28,32)/t9-,14?,17+,21+/m1/s1. The Morgan fingerprint density at radius 2 is 1.94 bits per heavy atom. The van der Waals surface area contributed by atoms with Crippen molar-refractivity contribution in [1.29, 1.82) is 0 Å². The highest BCUT2D eigenvalue weighted by molar-refractivity contribution is 5.91. The van der Waals surface area contributed by atoms with E-state index in [0.29, 0.717) is 0 Å². The average molecular weight is 498 g/mol. The topological polar surface area (TPSA) is 113 Å². The number of primary amides is 1. The Bertz CT molecular complexity index is 1280. The number of alkyl halides is 3. The quantitative estimate of drug-likeness (QED) is 0.521. The number of nitrogens with zero attached hydrogens (tertiary/aromatic N) is 3. The first-order valence-electron chi connectivity index (χ1n) is 10.2. The highest BCUT2D eigenvalue weighted by atomic mass is 19.4. The number of halogens is 5. The van der Waals surface area contributed by atoms with Crippen LogP contribution < -0.4 is 10.5 Å². The number of aromatic nitrogens is 3. The van der Waals surface area contributed by atoms with Crippen molar-refractivity contribution in [1.82, 2.24) is 15.1 Å². The fourth-order valence-corrected chi connectivity index (χ4v) is 4.20. The molecule has 1 aliphatic heterocycles. The molecule has 0 aliphatic carbocycles. The molecule has 1 amide bonds. The first-order chi connectivity index (χ1) is 16.4. The maximum absolute atomic E-state index is 14.5. The van der Waals surface area contributed by atoms with Gasteiger partial charge in [0.15, 0.2) is 17.2 Å². The Morgan fingerprint density at radius 3 is 2.57 bits per heavy atom. The molecule has 2 N–H and O–H groups in total. The summed E-state index contributed by atoms with van der Waals surface area (Å²) in [7, 11) is 1.08. The maximum atomic E-state index is 14.5. The third-order valence-corrected chi connectivity index (χ3v) is 6.27. The number of carbonyl (C=O) groups is 1. The minimum absolute atomic E-state index is 0.0526. The van der Waals surface area contributed by atoms with Crippen molar-refractivity contribution in [2.75, 3.05) is 7.11 Å². The van der Waals surface area contributed by atoms with Gasteiger partial charge in [0.2, 0.25) is 11.6 Å². The van der Waals surface area contributed by atoms with Gasteiger partial charge >= 0.3 is 6.18 Å². The first kappa shape index (κ1) is 24.5. The number of pyridine rings is 1. The van der Waals surface area contributed by atoms with Crippen molar-refractivity contribution in [3.63, 3.8) is 0 Å². The van der Waals surface area contributed by atoms with Gasteiger partial charge in [-0.05, 0) is 25.1 Å². The summed E-state index contributed by atoms with van der Waals surface area (Å²) in [6.45, 7) is 2.14. The zero-order chi connectivity index (χ0) is 25.7. The number of carbonyl (C=O) groups excluding carboxylic acids is 1. The van der Waals surface area contributed by atoms with Crippen LogP contribution in [0.4, 0.5) is 22.0 Å². The predicted molar refractivity (Wildman–Crippen MR) is 109 cm³/mol. The predicted octanol–water partition coefficient (Wildman–Crippen LogP) is 4.33. The van der Waals surface area contributed by atoms with E-state index in [0.717, 1.165) is 26.2 Å². The van der Waals surface area contributed by atoms with Gasteiger partial charge in [-0.3, -0.25) is 9.78 Å². The normalized spacial score (nSPS) is 24.5. The van der Waals surface area contributed by atoms with Crippen LogP contribution in [0, 0.1) is 17.6 Å². The summed E-state index contributed by atoms with van der Waals surface area (Å²) >= 11 is 0. The summed E-state index contributed by atoms with van der Waals surface area (Å²) in [5.41, 5.74) is 2.62. The van der Waals surface area contributed by atoms with Gasteiger partial charge < -0.3 is 19.7 Å². The average Bonchev–Trinajstić information content (AvgIpc) is 3.39. The van der Waals surface area contributed by atoms with E-state index in [1.165, 1.54) is 25.3 Å². The molecule has 0 saturated carbocycles. The number of methoxy groups -OCH3 is 1. The Kier molecular flexibility index (Phi) is 5.99. The van der Waals surface area contributed by atoms with E-state index in [9.17, 15) is 26.7 Å². The van der Waals surface area contributed by atoms with Crippen LogP contribution in [0.25, 0.3) is 11.5 Å². The lowest BCUT2D eigenvalue weighted by Gasteiger charge is -2.32. The fraction of sp³-hybridized carbons (Fsp3) is 0.364. The van der Waals surface area contributed by atoms with Crippen molar-refractivity contribution in [3.05, 3.63) is 59.2 Å². The summed E-state index contributed by atoms with van der Waals surface area (Å²) in [4.78, 5) is 19.4. The molecule has 1 saturated heterocycles. The zero-order valence-corrected chi connectivity index (χ0v) is 18.6. The molecule has 1 aliphatic rings. The van der Waals surface area contributed by atoms with Crippen molar-refractivity contribution in [2.24, 2.45) is 11.7 Å². The van der Waals surface area contributed by atoms with Crippen molar-refractivity contribution in [3.8, 4) is 17.2 Å². The minimum Gasteiger partial charge on any atom is -0.493 e. The van der Waals surface area contributed by atoms with Gasteiger partial charge in [0.1, 0.15) is 11.8 Å². The molecule has 0 bridgehead atoms. The van der Waals surface area contributed by atoms with E-state index in [-0.39, 0.29) is 28.5 Å². The summed E-state index contributed by atoms with van der Waals surface area (Å²) in [6.07, 6.45) is -5.02. The van der Waals surface area contributed by atoms with E-state index < -0.39 is 53.0 Å². The third kappa shape index (κ3) is 3.99. The summed E-state index contributed by atoms with van der Waals surface area (Å²) in [5.74, 6) is -6.84. The van der Waals surface area contributed by atoms with Gasteiger partial charge in [0.05, 0.1) is 7.11 Å². The van der Waals surface area contributed by atoms with E-state index in [2.05, 4.69) is 15.1 Å². The fourth-order valence-electron chi connectivity index (χ4n) is 4.20. The van der Waals surface area contributed by atoms with Gasteiger partial charge in [-0.1, -0.05) is 18.1 Å². The number of hydrogen-bond donors (Lipinski definition) is 1. The van der Waals surface area contributed by atoms with Gasteiger partial charge in [-0.15, -0.1) is 0 Å². The molecule has 3 aromatic rings. The highest BCUT2D eigenvalue weighted by Gasteiger charge is 2.65. The van der Waals surface area contributed by atoms with Gasteiger partial charge in [-0.25, -0.2) is 4.39 Å². The van der Waals surface area contributed by atoms with E-state index in [1.807, 2.05) is 0 Å². The molecule has 2 aromatic heterocycles.